The Bertz CT molecular complexity index is 1510. The first kappa shape index (κ1) is 30.7. The van der Waals surface area contributed by atoms with Crippen LogP contribution in [0.15, 0.2) is 48.5 Å². The number of benzene rings is 2. The third kappa shape index (κ3) is 6.31. The minimum Gasteiger partial charge on any atom is -0.496 e. The maximum atomic E-state index is 13.5. The first-order valence-electron chi connectivity index (χ1n) is 13.9. The lowest BCUT2D eigenvalue weighted by Crippen LogP contribution is -2.32. The van der Waals surface area contributed by atoms with Gasteiger partial charge in [-0.3, -0.25) is 9.88 Å². The van der Waals surface area contributed by atoms with Crippen molar-refractivity contribution in [2.24, 2.45) is 0 Å². The highest BCUT2D eigenvalue weighted by molar-refractivity contribution is 5.75. The number of carbonyl (C=O) groups is 1. The maximum Gasteiger partial charge on any atom is 0.416 e. The molecule has 2 aromatic carbocycles. The highest BCUT2D eigenvalue weighted by atomic mass is 19.4. The predicted molar refractivity (Wildman–Crippen MR) is 148 cm³/mol. The van der Waals surface area contributed by atoms with E-state index in [0.717, 1.165) is 29.7 Å². The minimum absolute atomic E-state index is 0.0569. The summed E-state index contributed by atoms with van der Waals surface area (Å²) < 4.78 is 92.3. The van der Waals surface area contributed by atoms with Crippen LogP contribution in [-0.2, 0) is 29.0 Å². The summed E-state index contributed by atoms with van der Waals surface area (Å²) >= 11 is 0. The van der Waals surface area contributed by atoms with Crippen molar-refractivity contribution < 1.29 is 40.6 Å². The molecular formula is C32H32F6N2O3. The standard InChI is InChI=1S/C32H32F6N2O3/c1-17-28(19-12-21(31(33,34)35)14-22(13-19)32(36,37)38)43-29(41)40(17)16-26-23(9-10-25(39-26)18-6-7-18)24-15-20(30(2,3)4)8-11-27(24)42-5/h8-15,17-18,28H,6-7,16H2,1-5H3/t17-,28-/m0/s1. The summed E-state index contributed by atoms with van der Waals surface area (Å²) in [5.74, 6) is 0.881. The van der Waals surface area contributed by atoms with E-state index in [9.17, 15) is 31.1 Å². The number of carbonyl (C=O) groups excluding carboxylic acids is 1. The molecule has 0 unspecified atom stereocenters. The molecule has 230 valence electrons. The van der Waals surface area contributed by atoms with Crippen LogP contribution in [-0.4, -0.2) is 29.1 Å². The number of amides is 1. The molecule has 0 bridgehead atoms. The Kier molecular flexibility index (Phi) is 7.67. The smallest absolute Gasteiger partial charge is 0.416 e. The number of hydrogen-bond donors (Lipinski definition) is 0. The zero-order valence-electron chi connectivity index (χ0n) is 24.4. The number of hydrogen-bond acceptors (Lipinski definition) is 4. The van der Waals surface area contributed by atoms with E-state index in [-0.39, 0.29) is 29.5 Å². The zero-order chi connectivity index (χ0) is 31.5. The van der Waals surface area contributed by atoms with Crippen molar-refractivity contribution >= 4 is 6.09 Å². The molecule has 0 N–H and O–H groups in total. The molecule has 5 rings (SSSR count). The molecule has 5 nitrogen and oxygen atoms in total. The third-order valence-electron chi connectivity index (χ3n) is 8.00. The Morgan fingerprint density at radius 2 is 1.51 bits per heavy atom. The van der Waals surface area contributed by atoms with Gasteiger partial charge in [-0.05, 0) is 72.7 Å². The first-order valence-corrected chi connectivity index (χ1v) is 13.9. The summed E-state index contributed by atoms with van der Waals surface area (Å²) in [7, 11) is 1.55. The van der Waals surface area contributed by atoms with E-state index in [0.29, 0.717) is 29.1 Å². The SMILES string of the molecule is COc1ccc(C(C)(C)C)cc1-c1ccc(C2CC2)nc1CN1C(=O)O[C@H](c2cc(C(F)(F)F)cc(C(F)(F)F)c2)[C@@H]1C. The summed E-state index contributed by atoms with van der Waals surface area (Å²) in [5.41, 5.74) is 0.385. The van der Waals surface area contributed by atoms with Gasteiger partial charge in [-0.1, -0.05) is 32.9 Å². The van der Waals surface area contributed by atoms with Crippen LogP contribution in [0.3, 0.4) is 0 Å². The number of cyclic esters (lactones) is 1. The second-order valence-electron chi connectivity index (χ2n) is 12.2. The molecule has 1 aromatic heterocycles. The number of ether oxygens (including phenoxy) is 2. The summed E-state index contributed by atoms with van der Waals surface area (Å²) in [5, 5.41) is 0. The van der Waals surface area contributed by atoms with Crippen LogP contribution in [0, 0.1) is 0 Å². The van der Waals surface area contributed by atoms with Gasteiger partial charge in [0.25, 0.3) is 0 Å². The maximum absolute atomic E-state index is 13.5. The Morgan fingerprint density at radius 3 is 2.05 bits per heavy atom. The highest BCUT2D eigenvalue weighted by Gasteiger charge is 2.43. The van der Waals surface area contributed by atoms with Gasteiger partial charge in [-0.25, -0.2) is 4.79 Å². The summed E-state index contributed by atoms with van der Waals surface area (Å²) in [6.07, 6.45) is -10.3. The number of rotatable bonds is 6. The third-order valence-corrected chi connectivity index (χ3v) is 8.00. The van der Waals surface area contributed by atoms with Crippen molar-refractivity contribution in [1.29, 1.82) is 0 Å². The van der Waals surface area contributed by atoms with Crippen molar-refractivity contribution in [3.63, 3.8) is 0 Å². The average molecular weight is 607 g/mol. The molecular weight excluding hydrogens is 574 g/mol. The molecule has 2 heterocycles. The second kappa shape index (κ2) is 10.7. The van der Waals surface area contributed by atoms with E-state index in [4.69, 9.17) is 14.5 Å². The second-order valence-corrected chi connectivity index (χ2v) is 12.2. The molecule has 1 aliphatic carbocycles. The van der Waals surface area contributed by atoms with Gasteiger partial charge in [0.2, 0.25) is 0 Å². The molecule has 2 atom stereocenters. The number of pyridine rings is 1. The molecule has 1 saturated carbocycles. The Labute approximate surface area is 245 Å². The fraction of sp³-hybridized carbons (Fsp3) is 0.438. The number of halogens is 6. The molecule has 1 aliphatic heterocycles. The van der Waals surface area contributed by atoms with E-state index in [1.165, 1.54) is 11.8 Å². The molecule has 2 aliphatic rings. The highest BCUT2D eigenvalue weighted by Crippen LogP contribution is 2.44. The van der Waals surface area contributed by atoms with E-state index in [1.54, 1.807) is 7.11 Å². The van der Waals surface area contributed by atoms with Gasteiger partial charge in [-0.15, -0.1) is 0 Å². The van der Waals surface area contributed by atoms with Crippen LogP contribution < -0.4 is 4.74 Å². The number of methoxy groups -OCH3 is 1. The van der Waals surface area contributed by atoms with Gasteiger partial charge < -0.3 is 9.47 Å². The zero-order valence-corrected chi connectivity index (χ0v) is 24.4. The van der Waals surface area contributed by atoms with E-state index in [2.05, 4.69) is 20.8 Å². The van der Waals surface area contributed by atoms with Crippen molar-refractivity contribution in [2.45, 2.75) is 82.9 Å². The number of aromatic nitrogens is 1. The van der Waals surface area contributed by atoms with Gasteiger partial charge in [0.15, 0.2) is 0 Å². The van der Waals surface area contributed by atoms with Crippen molar-refractivity contribution in [2.75, 3.05) is 7.11 Å². The van der Waals surface area contributed by atoms with Gasteiger partial charge >= 0.3 is 18.4 Å². The van der Waals surface area contributed by atoms with Crippen molar-refractivity contribution in [3.8, 4) is 16.9 Å². The fourth-order valence-electron chi connectivity index (χ4n) is 5.34. The number of alkyl halides is 6. The molecule has 11 heteroatoms. The Morgan fingerprint density at radius 1 is 0.884 bits per heavy atom. The predicted octanol–water partition coefficient (Wildman–Crippen LogP) is 9.05. The van der Waals surface area contributed by atoms with Gasteiger partial charge in [-0.2, -0.15) is 26.3 Å². The van der Waals surface area contributed by atoms with E-state index in [1.807, 2.05) is 30.3 Å². The summed E-state index contributed by atoms with van der Waals surface area (Å²) in [6, 6.07) is 10.1. The Balaban J connectivity index is 1.55. The lowest BCUT2D eigenvalue weighted by atomic mass is 9.85. The normalized spacial score (nSPS) is 19.5. The van der Waals surface area contributed by atoms with Crippen LogP contribution in [0.1, 0.15) is 86.2 Å². The van der Waals surface area contributed by atoms with Crippen LogP contribution >= 0.6 is 0 Å². The molecule has 0 spiro atoms. The van der Waals surface area contributed by atoms with Gasteiger partial charge in [0.1, 0.15) is 11.9 Å². The van der Waals surface area contributed by atoms with Gasteiger partial charge in [0.05, 0.1) is 36.5 Å². The molecule has 2 fully saturated rings. The molecule has 3 aromatic rings. The Hall–Kier alpha value is -3.76. The van der Waals surface area contributed by atoms with E-state index < -0.39 is 41.7 Å². The van der Waals surface area contributed by atoms with Crippen LogP contribution in [0.25, 0.3) is 11.1 Å². The summed E-state index contributed by atoms with van der Waals surface area (Å²) in [6.45, 7) is 7.70. The average Bonchev–Trinajstić information content (AvgIpc) is 3.74. The van der Waals surface area contributed by atoms with Crippen molar-refractivity contribution in [3.05, 3.63) is 82.2 Å². The lowest BCUT2D eigenvalue weighted by molar-refractivity contribution is -0.143. The summed E-state index contributed by atoms with van der Waals surface area (Å²) in [4.78, 5) is 19.3. The largest absolute Gasteiger partial charge is 0.496 e. The quantitative estimate of drug-likeness (QED) is 0.263. The molecule has 43 heavy (non-hydrogen) atoms. The fourth-order valence-corrected chi connectivity index (χ4v) is 5.34. The number of nitrogens with zero attached hydrogens (tertiary/aromatic N) is 2. The van der Waals surface area contributed by atoms with Gasteiger partial charge in [0, 0.05) is 22.7 Å². The topological polar surface area (TPSA) is 51.7 Å². The first-order chi connectivity index (χ1) is 20.0. The molecule has 1 saturated heterocycles. The molecule has 0 radical (unpaired) electrons. The molecule has 1 amide bonds. The van der Waals surface area contributed by atoms with Crippen LogP contribution in [0.2, 0.25) is 0 Å². The van der Waals surface area contributed by atoms with Crippen molar-refractivity contribution in [1.82, 2.24) is 9.88 Å². The van der Waals surface area contributed by atoms with Crippen LogP contribution in [0.5, 0.6) is 5.75 Å². The van der Waals surface area contributed by atoms with E-state index >= 15 is 0 Å². The lowest BCUT2D eigenvalue weighted by Gasteiger charge is -2.24. The van der Waals surface area contributed by atoms with Crippen LogP contribution in [0.4, 0.5) is 31.1 Å². The minimum atomic E-state index is -5.02. The monoisotopic (exact) mass is 606 g/mol.